The smallest absolute Gasteiger partial charge is 0.212 e. The van der Waals surface area contributed by atoms with E-state index in [4.69, 9.17) is 18.9 Å². The number of rotatable bonds is 5. The Morgan fingerprint density at radius 1 is 1.04 bits per heavy atom. The fourth-order valence-electron chi connectivity index (χ4n) is 3.23. The summed E-state index contributed by atoms with van der Waals surface area (Å²) >= 11 is 0. The third-order valence-electron chi connectivity index (χ3n) is 4.27. The van der Waals surface area contributed by atoms with Gasteiger partial charge in [0.25, 0.3) is 0 Å². The summed E-state index contributed by atoms with van der Waals surface area (Å²) in [6.07, 6.45) is -1.72. The Labute approximate surface area is 150 Å². The van der Waals surface area contributed by atoms with Crippen LogP contribution >= 0.6 is 0 Å². The lowest BCUT2D eigenvalue weighted by Gasteiger charge is -2.32. The van der Waals surface area contributed by atoms with Gasteiger partial charge in [-0.2, -0.15) is 0 Å². The fourth-order valence-corrected chi connectivity index (χ4v) is 3.23. The van der Waals surface area contributed by atoms with Crippen molar-refractivity contribution in [3.05, 3.63) is 0 Å². The van der Waals surface area contributed by atoms with Gasteiger partial charge in [0.1, 0.15) is 18.2 Å². The van der Waals surface area contributed by atoms with Crippen molar-refractivity contribution in [1.82, 2.24) is 0 Å². The molecule has 5 atom stereocenters. The number of aliphatic imine (C=N–C) groups is 2. The minimum atomic E-state index is -0.939. The van der Waals surface area contributed by atoms with Crippen molar-refractivity contribution >= 4 is 11.8 Å². The van der Waals surface area contributed by atoms with Crippen LogP contribution in [0.4, 0.5) is 0 Å². The molecule has 0 unspecified atom stereocenters. The quantitative estimate of drug-likeness (QED) is 0.816. The second-order valence-corrected chi connectivity index (χ2v) is 7.23. The molecule has 7 heteroatoms. The molecule has 1 N–H and O–H groups in total. The van der Waals surface area contributed by atoms with E-state index in [1.807, 2.05) is 34.6 Å². The predicted molar refractivity (Wildman–Crippen MR) is 96.0 cm³/mol. The van der Waals surface area contributed by atoms with Crippen LogP contribution < -0.4 is 0 Å². The van der Waals surface area contributed by atoms with Gasteiger partial charge in [0.05, 0.1) is 19.3 Å². The number of aliphatic hydroxyl groups is 1. The van der Waals surface area contributed by atoms with E-state index in [1.165, 1.54) is 0 Å². The van der Waals surface area contributed by atoms with Crippen LogP contribution in [0.15, 0.2) is 9.98 Å². The minimum Gasteiger partial charge on any atom is -0.480 e. The standard InChI is InChI=1S/C18H32N2O5/c1-8-22-16-12(10(3)4)19-17(23-9-2)13(20-16)14(21)15-11(5)24-18(6,7)25-15/h10-15,21H,8-9H2,1-7H3/t11-,12+,13-,14-,15-/m1/s1. The zero-order valence-corrected chi connectivity index (χ0v) is 16.4. The molecule has 0 bridgehead atoms. The topological polar surface area (TPSA) is 81.9 Å². The average Bonchev–Trinajstić information content (AvgIpc) is 2.80. The Morgan fingerprint density at radius 2 is 1.56 bits per heavy atom. The predicted octanol–water partition coefficient (Wildman–Crippen LogP) is 2.16. The Kier molecular flexibility index (Phi) is 6.45. The van der Waals surface area contributed by atoms with E-state index < -0.39 is 24.0 Å². The lowest BCUT2D eigenvalue weighted by molar-refractivity contribution is -0.154. The highest BCUT2D eigenvalue weighted by Crippen LogP contribution is 2.32. The van der Waals surface area contributed by atoms with Gasteiger partial charge in [0.2, 0.25) is 11.8 Å². The van der Waals surface area contributed by atoms with Crippen molar-refractivity contribution in [3.63, 3.8) is 0 Å². The van der Waals surface area contributed by atoms with Crippen LogP contribution in [-0.4, -0.2) is 66.3 Å². The minimum absolute atomic E-state index is 0.209. The zero-order chi connectivity index (χ0) is 18.8. The summed E-state index contributed by atoms with van der Waals surface area (Å²) in [4.78, 5) is 9.34. The van der Waals surface area contributed by atoms with Crippen molar-refractivity contribution in [2.24, 2.45) is 15.9 Å². The first-order valence-electron chi connectivity index (χ1n) is 9.14. The number of hydrogen-bond donors (Lipinski definition) is 1. The molecule has 7 nitrogen and oxygen atoms in total. The monoisotopic (exact) mass is 356 g/mol. The average molecular weight is 356 g/mol. The van der Waals surface area contributed by atoms with Crippen molar-refractivity contribution in [2.75, 3.05) is 13.2 Å². The second kappa shape index (κ2) is 8.01. The lowest BCUT2D eigenvalue weighted by Crippen LogP contribution is -2.49. The van der Waals surface area contributed by atoms with E-state index in [-0.39, 0.29) is 18.1 Å². The van der Waals surface area contributed by atoms with Crippen molar-refractivity contribution < 1.29 is 24.1 Å². The molecule has 2 aliphatic rings. The van der Waals surface area contributed by atoms with Gasteiger partial charge in [0, 0.05) is 0 Å². The summed E-state index contributed by atoms with van der Waals surface area (Å²) in [5.41, 5.74) is 0. The summed E-state index contributed by atoms with van der Waals surface area (Å²) < 4.78 is 23.0. The van der Waals surface area contributed by atoms with Crippen molar-refractivity contribution in [3.8, 4) is 0 Å². The van der Waals surface area contributed by atoms with Gasteiger partial charge in [-0.1, -0.05) is 13.8 Å². The third kappa shape index (κ3) is 4.51. The van der Waals surface area contributed by atoms with Crippen LogP contribution in [0.3, 0.4) is 0 Å². The molecule has 0 amide bonds. The van der Waals surface area contributed by atoms with E-state index in [2.05, 4.69) is 23.8 Å². The van der Waals surface area contributed by atoms with Gasteiger partial charge in [-0.05, 0) is 40.5 Å². The number of aliphatic hydroxyl groups excluding tert-OH is 1. The molecule has 0 aliphatic carbocycles. The van der Waals surface area contributed by atoms with Crippen molar-refractivity contribution in [2.45, 2.75) is 84.6 Å². The highest BCUT2D eigenvalue weighted by molar-refractivity contribution is 5.94. The molecule has 1 saturated heterocycles. The number of hydrogen-bond acceptors (Lipinski definition) is 7. The summed E-state index contributed by atoms with van der Waals surface area (Å²) in [7, 11) is 0. The third-order valence-corrected chi connectivity index (χ3v) is 4.27. The molecule has 144 valence electrons. The molecule has 0 aromatic carbocycles. The maximum Gasteiger partial charge on any atom is 0.212 e. The van der Waals surface area contributed by atoms with Crippen LogP contribution in [-0.2, 0) is 18.9 Å². The first-order chi connectivity index (χ1) is 11.7. The molecule has 0 aromatic heterocycles. The largest absolute Gasteiger partial charge is 0.480 e. The molecule has 1 fully saturated rings. The Hall–Kier alpha value is -1.18. The summed E-state index contributed by atoms with van der Waals surface area (Å²) in [6, 6.07) is -0.874. The molecule has 25 heavy (non-hydrogen) atoms. The highest BCUT2D eigenvalue weighted by atomic mass is 16.8. The summed E-state index contributed by atoms with van der Waals surface area (Å²) in [5.74, 6) is 0.437. The second-order valence-electron chi connectivity index (χ2n) is 7.23. The maximum atomic E-state index is 11.0. The van der Waals surface area contributed by atoms with Crippen LogP contribution in [0.1, 0.15) is 48.5 Å². The van der Waals surface area contributed by atoms with E-state index in [9.17, 15) is 5.11 Å². The molecule has 2 aliphatic heterocycles. The molecule has 2 heterocycles. The first-order valence-corrected chi connectivity index (χ1v) is 9.14. The fraction of sp³-hybridized carbons (Fsp3) is 0.889. The highest BCUT2D eigenvalue weighted by Gasteiger charge is 2.47. The Bertz CT molecular complexity index is 518. The van der Waals surface area contributed by atoms with Gasteiger partial charge in [-0.25, -0.2) is 9.98 Å². The molecule has 0 radical (unpaired) electrons. The van der Waals surface area contributed by atoms with Crippen LogP contribution in [0.5, 0.6) is 0 Å². The first kappa shape index (κ1) is 20.1. The molecule has 2 rings (SSSR count). The van der Waals surface area contributed by atoms with E-state index in [0.717, 1.165) is 0 Å². The number of nitrogens with zero attached hydrogens (tertiary/aromatic N) is 2. The molecule has 0 spiro atoms. The van der Waals surface area contributed by atoms with E-state index in [0.29, 0.717) is 25.0 Å². The molecular formula is C18H32N2O5. The van der Waals surface area contributed by atoms with Gasteiger partial charge in [-0.3, -0.25) is 0 Å². The van der Waals surface area contributed by atoms with Crippen LogP contribution in [0.25, 0.3) is 0 Å². The van der Waals surface area contributed by atoms with E-state index >= 15 is 0 Å². The maximum absolute atomic E-state index is 11.0. The normalized spacial score (nSPS) is 33.0. The summed E-state index contributed by atoms with van der Waals surface area (Å²) in [5, 5.41) is 11.0. The molecular weight excluding hydrogens is 324 g/mol. The van der Waals surface area contributed by atoms with E-state index in [1.54, 1.807) is 0 Å². The van der Waals surface area contributed by atoms with Gasteiger partial charge in [0.15, 0.2) is 11.8 Å². The molecule has 0 aromatic rings. The Balaban J connectivity index is 2.30. The van der Waals surface area contributed by atoms with Gasteiger partial charge < -0.3 is 24.1 Å². The van der Waals surface area contributed by atoms with Crippen LogP contribution in [0.2, 0.25) is 0 Å². The lowest BCUT2D eigenvalue weighted by atomic mass is 9.98. The number of ether oxygens (including phenoxy) is 4. The van der Waals surface area contributed by atoms with Crippen molar-refractivity contribution in [1.29, 1.82) is 0 Å². The van der Waals surface area contributed by atoms with Gasteiger partial charge >= 0.3 is 0 Å². The Morgan fingerprint density at radius 3 is 2.00 bits per heavy atom. The van der Waals surface area contributed by atoms with Gasteiger partial charge in [-0.15, -0.1) is 0 Å². The molecule has 0 saturated carbocycles. The SMILES string of the molecule is CCOC1=N[C@H]([C@@H](O)[C@@H]2OC(C)(C)O[C@@H]2C)C(OCC)=N[C@H]1C(C)C. The zero-order valence-electron chi connectivity index (χ0n) is 16.4. The summed E-state index contributed by atoms with van der Waals surface area (Å²) in [6.45, 7) is 14.4. The van der Waals surface area contributed by atoms with Crippen LogP contribution in [0, 0.1) is 5.92 Å².